The van der Waals surface area contributed by atoms with E-state index in [9.17, 15) is 0 Å². The summed E-state index contributed by atoms with van der Waals surface area (Å²) < 4.78 is 0. The topological polar surface area (TPSA) is 138 Å². The first kappa shape index (κ1) is 17.1. The van der Waals surface area contributed by atoms with Crippen molar-refractivity contribution in [3.05, 3.63) is 0 Å². The average Bonchev–Trinajstić information content (AvgIpc) is 1.25. The molecule has 50 valence electrons. The maximum Gasteiger partial charge on any atom is 3.00 e. The van der Waals surface area contributed by atoms with E-state index >= 15 is 0 Å². The van der Waals surface area contributed by atoms with Gasteiger partial charge in [0.25, 0.3) is 0 Å². The minimum absolute atomic E-state index is 0. The minimum atomic E-state index is -4.98. The van der Waals surface area contributed by atoms with Crippen LogP contribution in [0, 0.1) is 0 Å². The molecule has 0 spiro atoms. The van der Waals surface area contributed by atoms with Crippen molar-refractivity contribution in [3.63, 3.8) is 0 Å². The molecular weight excluding hydrogens is 174 g/mol. The van der Waals surface area contributed by atoms with Gasteiger partial charge in [0.2, 0.25) is 0 Å². The molecular formula is C2Al2O6. The van der Waals surface area contributed by atoms with Gasteiger partial charge in [-0.3, -0.25) is 0 Å². The zero-order chi connectivity index (χ0) is 7.00. The molecule has 0 aliphatic carbocycles. The first-order chi connectivity index (χ1) is 3.25. The molecule has 0 N–H and O–H groups in total. The van der Waals surface area contributed by atoms with Crippen molar-refractivity contribution in [1.29, 1.82) is 0 Å². The van der Waals surface area contributed by atoms with Gasteiger partial charge in [-0.2, -0.15) is 0 Å². The van der Waals surface area contributed by atoms with Crippen LogP contribution in [0.3, 0.4) is 0 Å². The second-order valence-corrected chi connectivity index (χ2v) is 1.11. The van der Waals surface area contributed by atoms with Gasteiger partial charge in [0, 0.05) is 0 Å². The van der Waals surface area contributed by atoms with Crippen LogP contribution in [0.15, 0.2) is 0 Å². The normalized spacial score (nSPS) is 11.4. The zero-order valence-electron chi connectivity index (χ0n) is 4.60. The van der Waals surface area contributed by atoms with Crippen LogP contribution in [-0.2, 0) is 0 Å². The van der Waals surface area contributed by atoms with Crippen LogP contribution in [0.5, 0.6) is 0 Å². The smallest absolute Gasteiger partial charge is 0.879 e. The summed E-state index contributed by atoms with van der Waals surface area (Å²) in [4.78, 5) is 0. The molecule has 0 amide bonds. The molecule has 0 bridgehead atoms. The number of rotatable bonds is 1. The van der Waals surface area contributed by atoms with Crippen molar-refractivity contribution in [2.45, 2.75) is 11.9 Å². The van der Waals surface area contributed by atoms with Crippen molar-refractivity contribution < 1.29 is 30.6 Å². The van der Waals surface area contributed by atoms with Crippen LogP contribution in [0.25, 0.3) is 0 Å². The Morgan fingerprint density at radius 3 is 0.600 bits per heavy atom. The summed E-state index contributed by atoms with van der Waals surface area (Å²) in [7, 11) is 0. The second-order valence-electron chi connectivity index (χ2n) is 1.11. The van der Waals surface area contributed by atoms with Crippen molar-refractivity contribution in [2.75, 3.05) is 0 Å². The Morgan fingerprint density at radius 2 is 0.600 bits per heavy atom. The van der Waals surface area contributed by atoms with Crippen LogP contribution in [0.2, 0.25) is 0 Å². The second kappa shape index (κ2) is 4.65. The van der Waals surface area contributed by atoms with Crippen LogP contribution >= 0.6 is 0 Å². The predicted octanol–water partition coefficient (Wildman–Crippen LogP) is -8.31. The molecule has 8 heteroatoms. The molecule has 6 nitrogen and oxygen atoms in total. The van der Waals surface area contributed by atoms with Gasteiger partial charge >= 0.3 is 34.7 Å². The Balaban J connectivity index is -0.000000245. The number of hydrogen-bond acceptors (Lipinski definition) is 6. The van der Waals surface area contributed by atoms with E-state index in [1.165, 1.54) is 0 Å². The standard InChI is InChI=1S/C2O6.2Al/c3-1(4,5)2(6,7)8;;/q-6;2*+3. The molecule has 0 aromatic carbocycles. The SMILES string of the molecule is [Al+3].[Al+3].[O-]C([O-])([O-])C([O-])([O-])[O-]. The van der Waals surface area contributed by atoms with Gasteiger partial charge in [-0.1, -0.05) is 0 Å². The molecule has 0 aromatic heterocycles. The molecule has 0 atom stereocenters. The third-order valence-electron chi connectivity index (χ3n) is 0.375. The van der Waals surface area contributed by atoms with Gasteiger partial charge in [-0.05, 0) is 0 Å². The quantitative estimate of drug-likeness (QED) is 0.285. The molecule has 0 aromatic rings. The van der Waals surface area contributed by atoms with Crippen LogP contribution in [0.4, 0.5) is 0 Å². The molecule has 0 aliphatic heterocycles. The summed E-state index contributed by atoms with van der Waals surface area (Å²) in [6.07, 6.45) is 0. The first-order valence-corrected chi connectivity index (χ1v) is 1.47. The minimum Gasteiger partial charge on any atom is -0.879 e. The van der Waals surface area contributed by atoms with E-state index in [1.807, 2.05) is 0 Å². The number of hydrogen-bond donors (Lipinski definition) is 0. The molecule has 0 heterocycles. The van der Waals surface area contributed by atoms with Gasteiger partial charge in [0.1, 0.15) is 0 Å². The van der Waals surface area contributed by atoms with Crippen molar-refractivity contribution >= 4 is 34.7 Å². The van der Waals surface area contributed by atoms with E-state index in [2.05, 4.69) is 0 Å². The summed E-state index contributed by atoms with van der Waals surface area (Å²) in [5, 5.41) is 54.5. The van der Waals surface area contributed by atoms with Crippen molar-refractivity contribution in [3.8, 4) is 0 Å². The Hall–Kier alpha value is 0.825. The van der Waals surface area contributed by atoms with Gasteiger partial charge in [0.15, 0.2) is 0 Å². The van der Waals surface area contributed by atoms with Crippen molar-refractivity contribution in [2.24, 2.45) is 0 Å². The summed E-state index contributed by atoms with van der Waals surface area (Å²) in [6, 6.07) is 0. The molecule has 0 saturated heterocycles. The van der Waals surface area contributed by atoms with Crippen molar-refractivity contribution in [1.82, 2.24) is 0 Å². The van der Waals surface area contributed by atoms with Crippen LogP contribution < -0.4 is 30.6 Å². The van der Waals surface area contributed by atoms with E-state index in [0.29, 0.717) is 0 Å². The van der Waals surface area contributed by atoms with Gasteiger partial charge in [0.05, 0.1) is 0 Å². The Kier molecular flexibility index (Phi) is 7.94. The zero-order valence-corrected chi connectivity index (χ0v) is 6.91. The van der Waals surface area contributed by atoms with Crippen LogP contribution in [0.1, 0.15) is 0 Å². The summed E-state index contributed by atoms with van der Waals surface area (Å²) >= 11 is 0. The first-order valence-electron chi connectivity index (χ1n) is 1.47. The summed E-state index contributed by atoms with van der Waals surface area (Å²) in [5.74, 6) is -9.96. The van der Waals surface area contributed by atoms with E-state index in [-0.39, 0.29) is 34.7 Å². The maximum atomic E-state index is 9.08. The molecule has 0 unspecified atom stereocenters. The summed E-state index contributed by atoms with van der Waals surface area (Å²) in [6.45, 7) is 0. The predicted molar refractivity (Wildman–Crippen MR) is 17.0 cm³/mol. The van der Waals surface area contributed by atoms with Gasteiger partial charge in [-0.25, -0.2) is 0 Å². The maximum absolute atomic E-state index is 9.08. The van der Waals surface area contributed by atoms with E-state index in [1.54, 1.807) is 0 Å². The average molecular weight is 174 g/mol. The fraction of sp³-hybridized carbons (Fsp3) is 1.00. The molecule has 0 radical (unpaired) electrons. The fourth-order valence-electron chi connectivity index (χ4n) is 0. The van der Waals surface area contributed by atoms with Gasteiger partial charge < -0.3 is 42.6 Å². The van der Waals surface area contributed by atoms with E-state index in [0.717, 1.165) is 0 Å². The molecule has 0 saturated carbocycles. The molecule has 0 aliphatic rings. The molecule has 10 heavy (non-hydrogen) atoms. The molecule has 0 rings (SSSR count). The fourth-order valence-corrected chi connectivity index (χ4v) is 0. The van der Waals surface area contributed by atoms with E-state index in [4.69, 9.17) is 30.6 Å². The Bertz CT molecular complexity index is 68.7. The van der Waals surface area contributed by atoms with Crippen LogP contribution in [-0.4, -0.2) is 46.7 Å². The van der Waals surface area contributed by atoms with Gasteiger partial charge in [-0.15, -0.1) is 0 Å². The largest absolute Gasteiger partial charge is 3.00 e. The Labute approximate surface area is 77.6 Å². The van der Waals surface area contributed by atoms with E-state index < -0.39 is 11.9 Å². The Morgan fingerprint density at radius 1 is 0.500 bits per heavy atom. The molecule has 0 fully saturated rings. The third-order valence-corrected chi connectivity index (χ3v) is 0.375. The monoisotopic (exact) mass is 174 g/mol. The summed E-state index contributed by atoms with van der Waals surface area (Å²) in [5.41, 5.74) is 0. The third kappa shape index (κ3) is 5.60.